The topological polar surface area (TPSA) is 65.2 Å². The predicted octanol–water partition coefficient (Wildman–Crippen LogP) is 1.65. The quantitative estimate of drug-likeness (QED) is 0.486. The molecule has 31 heavy (non-hydrogen) atoms. The number of anilines is 1. The van der Waals surface area contributed by atoms with Gasteiger partial charge in [-0.2, -0.15) is 0 Å². The van der Waals surface area contributed by atoms with E-state index in [9.17, 15) is 9.59 Å². The van der Waals surface area contributed by atoms with Gasteiger partial charge in [0.15, 0.2) is 0 Å². The number of esters is 1. The molecule has 1 aromatic carbocycles. The van der Waals surface area contributed by atoms with Gasteiger partial charge in [0, 0.05) is 35.6 Å². The lowest BCUT2D eigenvalue weighted by molar-refractivity contribution is -0.892. The second-order valence-electron chi connectivity index (χ2n) is 8.15. The third kappa shape index (κ3) is 5.67. The Morgan fingerprint density at radius 1 is 1.06 bits per heavy atom. The van der Waals surface area contributed by atoms with Crippen LogP contribution in [0.5, 0.6) is 5.75 Å². The van der Waals surface area contributed by atoms with Gasteiger partial charge in [0.2, 0.25) is 5.78 Å². The molecule has 0 atom stereocenters. The van der Waals surface area contributed by atoms with Crippen molar-refractivity contribution in [2.75, 3.05) is 51.8 Å². The fourth-order valence-corrected chi connectivity index (χ4v) is 4.28. The lowest BCUT2D eigenvalue weighted by Crippen LogP contribution is -3.15. The van der Waals surface area contributed by atoms with Crippen LogP contribution >= 0.6 is 0 Å². The summed E-state index contributed by atoms with van der Waals surface area (Å²) in [6, 6.07) is 10.1. The van der Waals surface area contributed by atoms with Gasteiger partial charge in [0.1, 0.15) is 12.3 Å². The summed E-state index contributed by atoms with van der Waals surface area (Å²) in [6.45, 7) is 8.99. The molecule has 2 heterocycles. The first-order chi connectivity index (χ1) is 14.9. The summed E-state index contributed by atoms with van der Waals surface area (Å²) in [6.07, 6.45) is 1.09. The van der Waals surface area contributed by atoms with Crippen molar-refractivity contribution in [1.82, 2.24) is 4.57 Å². The van der Waals surface area contributed by atoms with E-state index in [2.05, 4.69) is 21.6 Å². The van der Waals surface area contributed by atoms with Crippen molar-refractivity contribution in [3.05, 3.63) is 47.3 Å². The fourth-order valence-electron chi connectivity index (χ4n) is 4.28. The molecule has 1 aliphatic heterocycles. The number of Topliss-reactive ketones (excluding diaryl/α,β-unsaturated/α-hetero) is 1. The van der Waals surface area contributed by atoms with Crippen molar-refractivity contribution in [3.63, 3.8) is 0 Å². The summed E-state index contributed by atoms with van der Waals surface area (Å²) in [5.74, 6) is 0.859. The molecular formula is C24H34N3O4+. The molecule has 2 aromatic rings. The SMILES string of the molecule is COC(=O)CCCn1c(C)cc(C(=O)C[NH+]2CCN(c3ccc(OC)cc3)CC2)c1C. The van der Waals surface area contributed by atoms with E-state index in [0.717, 1.165) is 48.9 Å². The second kappa shape index (κ2) is 10.5. The van der Waals surface area contributed by atoms with Crippen molar-refractivity contribution < 1.29 is 24.0 Å². The molecule has 3 rings (SSSR count). The number of aromatic nitrogens is 1. The third-order valence-corrected chi connectivity index (χ3v) is 6.18. The van der Waals surface area contributed by atoms with Gasteiger partial charge >= 0.3 is 5.97 Å². The van der Waals surface area contributed by atoms with Crippen LogP contribution in [0, 0.1) is 13.8 Å². The summed E-state index contributed by atoms with van der Waals surface area (Å²) < 4.78 is 12.1. The number of ether oxygens (including phenoxy) is 2. The Bertz CT molecular complexity index is 896. The molecule has 1 aliphatic rings. The van der Waals surface area contributed by atoms with Gasteiger partial charge in [-0.3, -0.25) is 9.59 Å². The number of benzene rings is 1. The number of nitrogens with one attached hydrogen (secondary N) is 1. The molecule has 0 radical (unpaired) electrons. The molecule has 0 aliphatic carbocycles. The normalized spacial score (nSPS) is 14.5. The summed E-state index contributed by atoms with van der Waals surface area (Å²) in [5, 5.41) is 0. The Kier molecular flexibility index (Phi) is 7.74. The molecule has 0 bridgehead atoms. The van der Waals surface area contributed by atoms with Crippen LogP contribution in [0.25, 0.3) is 0 Å². The summed E-state index contributed by atoms with van der Waals surface area (Å²) in [5.41, 5.74) is 4.05. The lowest BCUT2D eigenvalue weighted by atomic mass is 10.1. The van der Waals surface area contributed by atoms with Crippen LogP contribution in [0.4, 0.5) is 5.69 Å². The Balaban J connectivity index is 1.53. The second-order valence-corrected chi connectivity index (χ2v) is 8.15. The Labute approximate surface area is 184 Å². The molecular weight excluding hydrogens is 394 g/mol. The summed E-state index contributed by atoms with van der Waals surface area (Å²) in [4.78, 5) is 28.1. The minimum Gasteiger partial charge on any atom is -0.497 e. The molecule has 7 heteroatoms. The highest BCUT2D eigenvalue weighted by molar-refractivity contribution is 5.98. The molecule has 1 N–H and O–H groups in total. The number of quaternary nitrogens is 1. The zero-order valence-corrected chi connectivity index (χ0v) is 19.1. The molecule has 168 valence electrons. The van der Waals surface area contributed by atoms with Gasteiger partial charge in [0.05, 0.1) is 40.4 Å². The Hall–Kier alpha value is -2.80. The van der Waals surface area contributed by atoms with Crippen LogP contribution in [0.2, 0.25) is 0 Å². The van der Waals surface area contributed by atoms with Gasteiger partial charge in [0.25, 0.3) is 0 Å². The highest BCUT2D eigenvalue weighted by Gasteiger charge is 2.25. The standard InChI is InChI=1S/C24H33N3O4/c1-18-16-22(19(2)27(18)11-5-6-24(29)31-4)23(28)17-25-12-14-26(15-13-25)20-7-9-21(30-3)10-8-20/h7-10,16H,5-6,11-15,17H2,1-4H3/p+1. The Morgan fingerprint density at radius 2 is 1.74 bits per heavy atom. The van der Waals surface area contributed by atoms with Gasteiger partial charge in [-0.25, -0.2) is 0 Å². The fraction of sp³-hybridized carbons (Fsp3) is 0.500. The smallest absolute Gasteiger partial charge is 0.305 e. The van der Waals surface area contributed by atoms with E-state index < -0.39 is 0 Å². The number of rotatable bonds is 9. The molecule has 1 aromatic heterocycles. The molecule has 0 unspecified atom stereocenters. The molecule has 1 fully saturated rings. The van der Waals surface area contributed by atoms with Crippen LogP contribution < -0.4 is 14.5 Å². The number of hydrogen-bond acceptors (Lipinski definition) is 5. The van der Waals surface area contributed by atoms with Crippen LogP contribution in [-0.2, 0) is 16.1 Å². The van der Waals surface area contributed by atoms with E-state index in [4.69, 9.17) is 9.47 Å². The predicted molar refractivity (Wildman–Crippen MR) is 120 cm³/mol. The third-order valence-electron chi connectivity index (χ3n) is 6.18. The first kappa shape index (κ1) is 22.9. The zero-order valence-electron chi connectivity index (χ0n) is 19.1. The average Bonchev–Trinajstić information content (AvgIpc) is 3.08. The highest BCUT2D eigenvalue weighted by Crippen LogP contribution is 2.19. The summed E-state index contributed by atoms with van der Waals surface area (Å²) in [7, 11) is 3.08. The number of ketones is 1. The molecule has 0 spiro atoms. The van der Waals surface area contributed by atoms with E-state index >= 15 is 0 Å². The van der Waals surface area contributed by atoms with Gasteiger partial charge in [-0.1, -0.05) is 0 Å². The van der Waals surface area contributed by atoms with Gasteiger partial charge in [-0.05, 0) is 50.6 Å². The maximum absolute atomic E-state index is 13.0. The van der Waals surface area contributed by atoms with E-state index in [0.29, 0.717) is 25.9 Å². The van der Waals surface area contributed by atoms with Gasteiger partial charge < -0.3 is 23.8 Å². The number of nitrogens with zero attached hydrogens (tertiary/aromatic N) is 2. The number of methoxy groups -OCH3 is 2. The van der Waals surface area contributed by atoms with Crippen molar-refractivity contribution in [2.45, 2.75) is 33.2 Å². The highest BCUT2D eigenvalue weighted by atomic mass is 16.5. The van der Waals surface area contributed by atoms with Crippen molar-refractivity contribution in [1.29, 1.82) is 0 Å². The number of aryl methyl sites for hydroxylation is 1. The van der Waals surface area contributed by atoms with E-state index in [1.807, 2.05) is 32.0 Å². The van der Waals surface area contributed by atoms with Crippen LogP contribution in [-0.4, -0.2) is 63.3 Å². The number of hydrogen-bond donors (Lipinski definition) is 1. The minimum atomic E-state index is -0.198. The van der Waals surface area contributed by atoms with Crippen molar-refractivity contribution >= 4 is 17.4 Å². The molecule has 0 saturated carbocycles. The van der Waals surface area contributed by atoms with Crippen LogP contribution in [0.3, 0.4) is 0 Å². The number of carbonyl (C=O) groups excluding carboxylic acids is 2. The molecule has 1 saturated heterocycles. The van der Waals surface area contributed by atoms with E-state index in [1.165, 1.54) is 17.7 Å². The first-order valence-electron chi connectivity index (χ1n) is 10.9. The Morgan fingerprint density at radius 3 is 2.35 bits per heavy atom. The van der Waals surface area contributed by atoms with Crippen molar-refractivity contribution in [2.24, 2.45) is 0 Å². The largest absolute Gasteiger partial charge is 0.497 e. The van der Waals surface area contributed by atoms with E-state index in [-0.39, 0.29) is 11.8 Å². The van der Waals surface area contributed by atoms with Gasteiger partial charge in [-0.15, -0.1) is 0 Å². The first-order valence-corrected chi connectivity index (χ1v) is 10.9. The van der Waals surface area contributed by atoms with E-state index in [1.54, 1.807) is 7.11 Å². The molecule has 0 amide bonds. The maximum Gasteiger partial charge on any atom is 0.305 e. The summed E-state index contributed by atoms with van der Waals surface area (Å²) >= 11 is 0. The average molecular weight is 429 g/mol. The van der Waals surface area contributed by atoms with Crippen LogP contribution in [0.15, 0.2) is 30.3 Å². The zero-order chi connectivity index (χ0) is 22.4. The molecule has 7 nitrogen and oxygen atoms in total. The monoisotopic (exact) mass is 428 g/mol. The number of piperazine rings is 1. The number of carbonyl (C=O) groups is 2. The minimum absolute atomic E-state index is 0.195. The van der Waals surface area contributed by atoms with Crippen molar-refractivity contribution in [3.8, 4) is 5.75 Å². The maximum atomic E-state index is 13.0. The lowest BCUT2D eigenvalue weighted by Gasteiger charge is -2.33. The van der Waals surface area contributed by atoms with Crippen LogP contribution in [0.1, 0.15) is 34.6 Å².